The lowest BCUT2D eigenvalue weighted by Gasteiger charge is -2.49. The molecule has 0 heterocycles. The molecule has 0 nitrogen and oxygen atoms in total. The van der Waals surface area contributed by atoms with E-state index in [1.165, 1.54) is 57.8 Å². The first-order valence-electron chi connectivity index (χ1n) is 10.3. The van der Waals surface area contributed by atoms with E-state index < -0.39 is 0 Å². The molecule has 0 aliphatic heterocycles. The maximum atomic E-state index is 2.67. The standard InChI is InChI=1S/C21H38/c1-18(20-13-7-3-8-14-20)21(15-9-4-10-16-21)17-19-11-5-2-6-12-19/h18-20H,2-17H2,1H3. The van der Waals surface area contributed by atoms with Gasteiger partial charge in [-0.3, -0.25) is 0 Å². The molecule has 0 bridgehead atoms. The largest absolute Gasteiger partial charge is 0.0617 e. The van der Waals surface area contributed by atoms with Crippen molar-refractivity contribution in [2.45, 2.75) is 110 Å². The molecule has 0 heteroatoms. The van der Waals surface area contributed by atoms with Gasteiger partial charge in [-0.25, -0.2) is 0 Å². The summed E-state index contributed by atoms with van der Waals surface area (Å²) in [5.41, 5.74) is 0.752. The Balaban J connectivity index is 1.68. The fourth-order valence-corrected chi connectivity index (χ4v) is 6.20. The first-order valence-corrected chi connectivity index (χ1v) is 10.3. The summed E-state index contributed by atoms with van der Waals surface area (Å²) >= 11 is 0. The van der Waals surface area contributed by atoms with Crippen LogP contribution in [-0.2, 0) is 0 Å². The van der Waals surface area contributed by atoms with Crippen LogP contribution in [0.25, 0.3) is 0 Å². The highest BCUT2D eigenvalue weighted by Crippen LogP contribution is 2.53. The molecule has 3 saturated carbocycles. The van der Waals surface area contributed by atoms with Crippen LogP contribution in [0.15, 0.2) is 0 Å². The van der Waals surface area contributed by atoms with Gasteiger partial charge in [-0.05, 0) is 42.4 Å². The monoisotopic (exact) mass is 290 g/mol. The van der Waals surface area contributed by atoms with Crippen LogP contribution in [0.4, 0.5) is 0 Å². The Bertz CT molecular complexity index is 287. The second-order valence-corrected chi connectivity index (χ2v) is 8.82. The van der Waals surface area contributed by atoms with Gasteiger partial charge in [-0.15, -0.1) is 0 Å². The van der Waals surface area contributed by atoms with Gasteiger partial charge in [0.25, 0.3) is 0 Å². The summed E-state index contributed by atoms with van der Waals surface area (Å²) in [6, 6.07) is 0. The normalized spacial score (nSPS) is 30.1. The minimum absolute atomic E-state index is 0.752. The van der Waals surface area contributed by atoms with Gasteiger partial charge < -0.3 is 0 Å². The minimum atomic E-state index is 0.752. The summed E-state index contributed by atoms with van der Waals surface area (Å²) in [6.45, 7) is 2.67. The maximum Gasteiger partial charge on any atom is -0.0267 e. The van der Waals surface area contributed by atoms with E-state index in [1.54, 1.807) is 44.9 Å². The Hall–Kier alpha value is 0. The molecule has 122 valence electrons. The third-order valence-electron chi connectivity index (χ3n) is 7.59. The van der Waals surface area contributed by atoms with Gasteiger partial charge in [0.05, 0.1) is 0 Å². The third kappa shape index (κ3) is 3.85. The molecule has 3 fully saturated rings. The molecule has 21 heavy (non-hydrogen) atoms. The summed E-state index contributed by atoms with van der Waals surface area (Å²) in [5, 5.41) is 0. The molecule has 0 saturated heterocycles. The molecule has 0 aromatic heterocycles. The van der Waals surface area contributed by atoms with Crippen LogP contribution in [0, 0.1) is 23.2 Å². The van der Waals surface area contributed by atoms with E-state index in [1.807, 2.05) is 0 Å². The lowest BCUT2D eigenvalue weighted by Crippen LogP contribution is -2.38. The van der Waals surface area contributed by atoms with E-state index in [2.05, 4.69) is 6.92 Å². The highest BCUT2D eigenvalue weighted by molar-refractivity contribution is 4.92. The van der Waals surface area contributed by atoms with Gasteiger partial charge in [0, 0.05) is 0 Å². The maximum absolute atomic E-state index is 2.67. The topological polar surface area (TPSA) is 0 Å². The zero-order chi connectivity index (χ0) is 14.5. The van der Waals surface area contributed by atoms with Crippen molar-refractivity contribution in [3.05, 3.63) is 0 Å². The van der Waals surface area contributed by atoms with E-state index >= 15 is 0 Å². The van der Waals surface area contributed by atoms with Crippen molar-refractivity contribution in [3.8, 4) is 0 Å². The Kier molecular flexibility index (Phi) is 5.68. The Morgan fingerprint density at radius 1 is 0.714 bits per heavy atom. The molecule has 1 atom stereocenters. The van der Waals surface area contributed by atoms with Gasteiger partial charge in [0.15, 0.2) is 0 Å². The van der Waals surface area contributed by atoms with Gasteiger partial charge in [-0.1, -0.05) is 90.4 Å². The first kappa shape index (κ1) is 15.9. The third-order valence-corrected chi connectivity index (χ3v) is 7.59. The van der Waals surface area contributed by atoms with Crippen LogP contribution in [-0.4, -0.2) is 0 Å². The highest BCUT2D eigenvalue weighted by Gasteiger charge is 2.42. The molecule has 3 rings (SSSR count). The SMILES string of the molecule is CC(C1CCCCC1)C1(CC2CCCCC2)CCCCC1. The fraction of sp³-hybridized carbons (Fsp3) is 1.00. The first-order chi connectivity index (χ1) is 10.3. The number of hydrogen-bond donors (Lipinski definition) is 0. The van der Waals surface area contributed by atoms with Crippen molar-refractivity contribution in [1.82, 2.24) is 0 Å². The van der Waals surface area contributed by atoms with Crippen LogP contribution in [0.3, 0.4) is 0 Å². The number of hydrogen-bond acceptors (Lipinski definition) is 0. The molecule has 3 aliphatic carbocycles. The Labute approximate surface area is 133 Å². The van der Waals surface area contributed by atoms with E-state index in [4.69, 9.17) is 0 Å². The second kappa shape index (κ2) is 7.51. The summed E-state index contributed by atoms with van der Waals surface area (Å²) in [5.74, 6) is 3.17. The summed E-state index contributed by atoms with van der Waals surface area (Å²) < 4.78 is 0. The quantitative estimate of drug-likeness (QED) is 0.517. The predicted molar refractivity (Wildman–Crippen MR) is 92.4 cm³/mol. The van der Waals surface area contributed by atoms with Gasteiger partial charge in [0.1, 0.15) is 0 Å². The van der Waals surface area contributed by atoms with Crippen LogP contribution in [0.2, 0.25) is 0 Å². The van der Waals surface area contributed by atoms with Crippen LogP contribution in [0.5, 0.6) is 0 Å². The van der Waals surface area contributed by atoms with E-state index in [0.717, 1.165) is 23.2 Å². The van der Waals surface area contributed by atoms with Gasteiger partial charge >= 0.3 is 0 Å². The van der Waals surface area contributed by atoms with Crippen molar-refractivity contribution in [2.24, 2.45) is 23.2 Å². The predicted octanol–water partition coefficient (Wildman–Crippen LogP) is 7.12. The molecule has 0 radical (unpaired) electrons. The van der Waals surface area contributed by atoms with Crippen LogP contribution < -0.4 is 0 Å². The van der Waals surface area contributed by atoms with E-state index in [9.17, 15) is 0 Å². The van der Waals surface area contributed by atoms with Gasteiger partial charge in [0.2, 0.25) is 0 Å². The van der Waals surface area contributed by atoms with Crippen LogP contribution in [0.1, 0.15) is 110 Å². The van der Waals surface area contributed by atoms with Crippen molar-refractivity contribution in [2.75, 3.05) is 0 Å². The summed E-state index contributed by atoms with van der Waals surface area (Å²) in [7, 11) is 0. The van der Waals surface area contributed by atoms with Gasteiger partial charge in [-0.2, -0.15) is 0 Å². The molecule has 0 aromatic rings. The van der Waals surface area contributed by atoms with Crippen molar-refractivity contribution < 1.29 is 0 Å². The van der Waals surface area contributed by atoms with Crippen molar-refractivity contribution in [3.63, 3.8) is 0 Å². The molecule has 0 N–H and O–H groups in total. The molecule has 0 spiro atoms. The zero-order valence-corrected chi connectivity index (χ0v) is 14.5. The molecular weight excluding hydrogens is 252 g/mol. The molecule has 3 aliphatic rings. The minimum Gasteiger partial charge on any atom is -0.0617 e. The summed E-state index contributed by atoms with van der Waals surface area (Å²) in [4.78, 5) is 0. The fourth-order valence-electron chi connectivity index (χ4n) is 6.20. The number of rotatable bonds is 4. The lowest BCUT2D eigenvalue weighted by molar-refractivity contribution is 0.0196. The smallest absolute Gasteiger partial charge is 0.0267 e. The average Bonchev–Trinajstić information content (AvgIpc) is 2.57. The molecule has 0 amide bonds. The van der Waals surface area contributed by atoms with Crippen LogP contribution >= 0.6 is 0 Å². The van der Waals surface area contributed by atoms with Crippen molar-refractivity contribution >= 4 is 0 Å². The summed E-state index contributed by atoms with van der Waals surface area (Å²) in [6.07, 6.45) is 24.7. The Morgan fingerprint density at radius 2 is 1.24 bits per heavy atom. The second-order valence-electron chi connectivity index (χ2n) is 8.82. The zero-order valence-electron chi connectivity index (χ0n) is 14.5. The lowest BCUT2D eigenvalue weighted by atomic mass is 9.57. The molecule has 0 aromatic carbocycles. The highest BCUT2D eigenvalue weighted by atomic mass is 14.5. The Morgan fingerprint density at radius 3 is 1.86 bits per heavy atom. The molecule has 1 unspecified atom stereocenters. The van der Waals surface area contributed by atoms with E-state index in [0.29, 0.717) is 0 Å². The van der Waals surface area contributed by atoms with Crippen molar-refractivity contribution in [1.29, 1.82) is 0 Å². The average molecular weight is 291 g/mol. The molecular formula is C21H38. The van der Waals surface area contributed by atoms with E-state index in [-0.39, 0.29) is 0 Å².